The van der Waals surface area contributed by atoms with E-state index in [1.807, 2.05) is 18.2 Å². The molecule has 0 unspecified atom stereocenters. The van der Waals surface area contributed by atoms with Crippen molar-refractivity contribution in [2.24, 2.45) is 7.05 Å². The Hall–Kier alpha value is -3.12. The van der Waals surface area contributed by atoms with E-state index in [2.05, 4.69) is 55.1 Å². The normalized spacial score (nSPS) is 15.1. The number of pyridine rings is 1. The van der Waals surface area contributed by atoms with Gasteiger partial charge in [-0.1, -0.05) is 19.3 Å². The van der Waals surface area contributed by atoms with E-state index in [-0.39, 0.29) is 0 Å². The molecule has 2 heterocycles. The van der Waals surface area contributed by atoms with E-state index in [0.717, 1.165) is 46.0 Å². The van der Waals surface area contributed by atoms with Crippen molar-refractivity contribution in [2.75, 3.05) is 0 Å². The molecule has 0 saturated heterocycles. The zero-order chi connectivity index (χ0) is 20.0. The summed E-state index contributed by atoms with van der Waals surface area (Å²) < 4.78 is 8.46. The van der Waals surface area contributed by atoms with Crippen LogP contribution in [0.4, 0.5) is 0 Å². The minimum Gasteiger partial charge on any atom is -0.456 e. The molecule has 0 spiro atoms. The number of aryl methyl sites for hydroxylation is 2. The maximum Gasteiger partial charge on any atom is 0.212 e. The van der Waals surface area contributed by atoms with Crippen molar-refractivity contribution in [3.8, 4) is 17.3 Å². The second-order valence-corrected chi connectivity index (χ2v) is 8.31. The number of nitrogens with zero attached hydrogens (tertiary/aromatic N) is 2. The highest BCUT2D eigenvalue weighted by Gasteiger charge is 2.25. The quantitative estimate of drug-likeness (QED) is 0.382. The van der Waals surface area contributed by atoms with Crippen molar-refractivity contribution in [2.45, 2.75) is 44.9 Å². The number of fused-ring (bicyclic) bond motifs is 3. The lowest BCUT2D eigenvalue weighted by Crippen LogP contribution is -2.30. The van der Waals surface area contributed by atoms with E-state index in [0.29, 0.717) is 5.92 Å². The van der Waals surface area contributed by atoms with E-state index < -0.39 is 0 Å². The second-order valence-electron chi connectivity index (χ2n) is 8.31. The van der Waals surface area contributed by atoms with Gasteiger partial charge in [-0.05, 0) is 67.1 Å². The lowest BCUT2D eigenvalue weighted by Gasteiger charge is -2.23. The van der Waals surface area contributed by atoms with Gasteiger partial charge in [0, 0.05) is 22.9 Å². The predicted octanol–water partition coefficient (Wildman–Crippen LogP) is 6.31. The minimum absolute atomic E-state index is 0.454. The van der Waals surface area contributed by atoms with E-state index >= 15 is 0 Å². The number of rotatable bonds is 2. The first kappa shape index (κ1) is 17.9. The molecular weight excluding hydrogens is 356 g/mol. The van der Waals surface area contributed by atoms with Crippen LogP contribution in [-0.2, 0) is 7.05 Å². The smallest absolute Gasteiger partial charge is 0.212 e. The fourth-order valence-electron chi connectivity index (χ4n) is 5.04. The highest BCUT2D eigenvalue weighted by atomic mass is 16.3. The van der Waals surface area contributed by atoms with Crippen molar-refractivity contribution in [1.82, 2.24) is 0 Å². The molecule has 3 heteroatoms. The molecule has 0 aliphatic heterocycles. The van der Waals surface area contributed by atoms with E-state index in [4.69, 9.17) is 4.42 Å². The molecule has 144 valence electrons. The van der Waals surface area contributed by atoms with Gasteiger partial charge in [-0.3, -0.25) is 0 Å². The molecule has 0 amide bonds. The monoisotopic (exact) mass is 381 g/mol. The Labute approximate surface area is 171 Å². The summed E-state index contributed by atoms with van der Waals surface area (Å²) in [6.07, 6.45) is 8.19. The maximum absolute atomic E-state index is 9.81. The molecule has 1 aliphatic carbocycles. The number of nitriles is 1. The Morgan fingerprint density at radius 3 is 2.62 bits per heavy atom. The molecule has 2 aromatic heterocycles. The topological polar surface area (TPSA) is 40.8 Å². The molecule has 0 radical (unpaired) electrons. The van der Waals surface area contributed by atoms with Crippen molar-refractivity contribution < 1.29 is 8.98 Å². The molecule has 3 nitrogen and oxygen atoms in total. The summed E-state index contributed by atoms with van der Waals surface area (Å²) in [6, 6.07) is 17.0. The highest BCUT2D eigenvalue weighted by Crippen LogP contribution is 2.43. The third-order valence-electron chi connectivity index (χ3n) is 6.49. The van der Waals surface area contributed by atoms with Crippen molar-refractivity contribution >= 4 is 21.9 Å². The molecule has 0 bridgehead atoms. The van der Waals surface area contributed by atoms with E-state index in [9.17, 15) is 5.26 Å². The average Bonchev–Trinajstić information content (AvgIpc) is 3.11. The summed E-state index contributed by atoms with van der Waals surface area (Å²) in [6.45, 7) is 2.16. The van der Waals surface area contributed by atoms with Gasteiger partial charge < -0.3 is 4.42 Å². The SMILES string of the molecule is Cc1cc2c(cc1-c1cccc[n+]1C)oc1ccc(C#N)c(C3CCCCC3)c12. The second kappa shape index (κ2) is 7.04. The Kier molecular flexibility index (Phi) is 4.36. The van der Waals surface area contributed by atoms with Gasteiger partial charge >= 0.3 is 0 Å². The fourth-order valence-corrected chi connectivity index (χ4v) is 5.04. The van der Waals surface area contributed by atoms with Crippen LogP contribution < -0.4 is 4.57 Å². The van der Waals surface area contributed by atoms with Crippen LogP contribution in [0.3, 0.4) is 0 Å². The minimum atomic E-state index is 0.454. The summed E-state index contributed by atoms with van der Waals surface area (Å²) in [4.78, 5) is 0. The summed E-state index contributed by atoms with van der Waals surface area (Å²) in [5.74, 6) is 0.454. The van der Waals surface area contributed by atoms with Crippen LogP contribution in [0, 0.1) is 18.3 Å². The van der Waals surface area contributed by atoms with Gasteiger partial charge in [0.2, 0.25) is 5.69 Å². The molecule has 5 rings (SSSR count). The van der Waals surface area contributed by atoms with Gasteiger partial charge in [0.25, 0.3) is 0 Å². The van der Waals surface area contributed by atoms with Crippen LogP contribution in [0.25, 0.3) is 33.2 Å². The lowest BCUT2D eigenvalue weighted by atomic mass is 9.80. The van der Waals surface area contributed by atoms with E-state index in [1.54, 1.807) is 0 Å². The van der Waals surface area contributed by atoms with Gasteiger partial charge in [-0.15, -0.1) is 0 Å². The molecule has 1 aliphatic rings. The van der Waals surface area contributed by atoms with Crippen LogP contribution in [0.2, 0.25) is 0 Å². The highest BCUT2D eigenvalue weighted by molar-refractivity contribution is 6.09. The van der Waals surface area contributed by atoms with E-state index in [1.165, 1.54) is 36.0 Å². The first-order valence-corrected chi connectivity index (χ1v) is 10.5. The fraction of sp³-hybridized carbons (Fsp3) is 0.308. The zero-order valence-electron chi connectivity index (χ0n) is 17.0. The lowest BCUT2D eigenvalue weighted by molar-refractivity contribution is -0.660. The molecular formula is C26H25N2O+. The summed E-state index contributed by atoms with van der Waals surface area (Å²) in [5.41, 5.74) is 7.38. The Morgan fingerprint density at radius 2 is 1.86 bits per heavy atom. The Morgan fingerprint density at radius 1 is 1.03 bits per heavy atom. The third kappa shape index (κ3) is 2.91. The van der Waals surface area contributed by atoms with Crippen molar-refractivity contribution in [3.63, 3.8) is 0 Å². The maximum atomic E-state index is 9.81. The Bertz CT molecular complexity index is 1270. The number of furan rings is 1. The van der Waals surface area contributed by atoms with Gasteiger partial charge in [-0.2, -0.15) is 5.26 Å². The molecule has 29 heavy (non-hydrogen) atoms. The molecule has 0 N–H and O–H groups in total. The first-order chi connectivity index (χ1) is 14.2. The predicted molar refractivity (Wildman–Crippen MR) is 116 cm³/mol. The van der Waals surface area contributed by atoms with Crippen LogP contribution >= 0.6 is 0 Å². The van der Waals surface area contributed by atoms with Gasteiger partial charge in [0.05, 0.1) is 17.2 Å². The average molecular weight is 381 g/mol. The number of aromatic nitrogens is 1. The van der Waals surface area contributed by atoms with Gasteiger partial charge in [0.1, 0.15) is 18.2 Å². The largest absolute Gasteiger partial charge is 0.456 e. The van der Waals surface area contributed by atoms with Crippen LogP contribution in [0.5, 0.6) is 0 Å². The van der Waals surface area contributed by atoms with Crippen molar-refractivity contribution in [3.05, 3.63) is 65.4 Å². The first-order valence-electron chi connectivity index (χ1n) is 10.5. The summed E-state index contributed by atoms with van der Waals surface area (Å²) >= 11 is 0. The standard InChI is InChI=1S/C26H25N2O/c1-17-14-21-24(15-20(17)22-10-6-7-13-28(22)2)29-23-12-11-19(16-27)25(26(21)23)18-8-4-3-5-9-18/h6-7,10-15,18H,3-5,8-9H2,1-2H3/q+1. The number of hydrogen-bond acceptors (Lipinski definition) is 2. The number of hydrogen-bond donors (Lipinski definition) is 0. The summed E-state index contributed by atoms with van der Waals surface area (Å²) in [7, 11) is 2.07. The van der Waals surface area contributed by atoms with Crippen LogP contribution in [0.1, 0.15) is 54.7 Å². The molecule has 4 aromatic rings. The molecule has 1 saturated carbocycles. The zero-order valence-corrected chi connectivity index (χ0v) is 17.0. The molecule has 0 atom stereocenters. The Balaban J connectivity index is 1.79. The third-order valence-corrected chi connectivity index (χ3v) is 6.49. The number of benzene rings is 2. The summed E-state index contributed by atoms with van der Waals surface area (Å²) in [5, 5.41) is 12.1. The van der Waals surface area contributed by atoms with Crippen LogP contribution in [-0.4, -0.2) is 0 Å². The molecule has 2 aromatic carbocycles. The van der Waals surface area contributed by atoms with Gasteiger partial charge in [0.15, 0.2) is 6.20 Å². The van der Waals surface area contributed by atoms with Crippen molar-refractivity contribution in [1.29, 1.82) is 5.26 Å². The van der Waals surface area contributed by atoms with Crippen LogP contribution in [0.15, 0.2) is 53.1 Å². The van der Waals surface area contributed by atoms with Gasteiger partial charge in [-0.25, -0.2) is 4.57 Å². The molecule has 1 fully saturated rings.